The number of hydrogen-bond acceptors (Lipinski definition) is 2. The first-order valence-electron chi connectivity index (χ1n) is 6.07. The van der Waals surface area contributed by atoms with Crippen molar-refractivity contribution in [2.45, 2.75) is 50.6 Å². The summed E-state index contributed by atoms with van der Waals surface area (Å²) in [6, 6.07) is 0.607. The van der Waals surface area contributed by atoms with Gasteiger partial charge in [-0.2, -0.15) is 0 Å². The molecule has 16 heavy (non-hydrogen) atoms. The van der Waals surface area contributed by atoms with Crippen LogP contribution in [0.25, 0.3) is 0 Å². The molecule has 0 heterocycles. The van der Waals surface area contributed by atoms with Gasteiger partial charge in [0.1, 0.15) is 5.84 Å². The summed E-state index contributed by atoms with van der Waals surface area (Å²) in [6.07, 6.45) is 6.62. The van der Waals surface area contributed by atoms with Gasteiger partial charge in [-0.3, -0.25) is 5.41 Å². The molecule has 0 aromatic heterocycles. The molecule has 5 heteroatoms. The molecule has 90 valence electrons. The molecule has 4 N–H and O–H groups in total. The molecule has 0 radical (unpaired) electrons. The quantitative estimate of drug-likeness (QED) is 0.492. The van der Waals surface area contributed by atoms with Crippen molar-refractivity contribution in [3.63, 3.8) is 0 Å². The van der Waals surface area contributed by atoms with Gasteiger partial charge in [-0.1, -0.05) is 12.8 Å². The normalized spacial score (nSPS) is 20.8. The van der Waals surface area contributed by atoms with E-state index in [1.165, 1.54) is 12.8 Å². The van der Waals surface area contributed by atoms with Crippen molar-refractivity contribution < 1.29 is 4.79 Å². The second kappa shape index (κ2) is 4.72. The Bertz CT molecular complexity index is 282. The van der Waals surface area contributed by atoms with E-state index in [1.54, 1.807) is 4.90 Å². The predicted octanol–water partition coefficient (Wildman–Crippen LogP) is 1.04. The summed E-state index contributed by atoms with van der Waals surface area (Å²) >= 11 is 0. The maximum absolute atomic E-state index is 12.0. The minimum atomic E-state index is -0.0374. The third-order valence-corrected chi connectivity index (χ3v) is 3.27. The van der Waals surface area contributed by atoms with Crippen LogP contribution in [0.2, 0.25) is 0 Å². The number of nitrogens with one attached hydrogen (secondary N) is 2. The third-order valence-electron chi connectivity index (χ3n) is 3.27. The molecule has 0 spiro atoms. The Morgan fingerprint density at radius 1 is 1.31 bits per heavy atom. The van der Waals surface area contributed by atoms with Crippen molar-refractivity contribution in [2.75, 3.05) is 6.54 Å². The molecule has 5 nitrogen and oxygen atoms in total. The molecular weight excluding hydrogens is 204 g/mol. The van der Waals surface area contributed by atoms with E-state index in [0.29, 0.717) is 6.04 Å². The largest absolute Gasteiger partial charge is 0.386 e. The van der Waals surface area contributed by atoms with Crippen LogP contribution in [-0.2, 0) is 0 Å². The predicted molar refractivity (Wildman–Crippen MR) is 62.4 cm³/mol. The van der Waals surface area contributed by atoms with E-state index in [4.69, 9.17) is 11.1 Å². The van der Waals surface area contributed by atoms with E-state index < -0.39 is 0 Å². The van der Waals surface area contributed by atoms with E-state index in [-0.39, 0.29) is 24.5 Å². The number of nitrogens with two attached hydrogens (primary N) is 1. The summed E-state index contributed by atoms with van der Waals surface area (Å²) in [4.78, 5) is 13.7. The van der Waals surface area contributed by atoms with Crippen LogP contribution in [0.15, 0.2) is 0 Å². The van der Waals surface area contributed by atoms with Gasteiger partial charge < -0.3 is 16.0 Å². The number of nitrogens with zero attached hydrogens (tertiary/aromatic N) is 1. The molecule has 0 aliphatic heterocycles. The van der Waals surface area contributed by atoms with E-state index >= 15 is 0 Å². The average Bonchev–Trinajstić information content (AvgIpc) is 2.87. The van der Waals surface area contributed by atoms with Gasteiger partial charge in [0.2, 0.25) is 0 Å². The zero-order valence-electron chi connectivity index (χ0n) is 9.54. The maximum atomic E-state index is 12.0. The molecule has 2 rings (SSSR count). The third kappa shape index (κ3) is 2.87. The van der Waals surface area contributed by atoms with Crippen LogP contribution in [0.5, 0.6) is 0 Å². The lowest BCUT2D eigenvalue weighted by molar-refractivity contribution is 0.184. The van der Waals surface area contributed by atoms with Crippen LogP contribution >= 0.6 is 0 Å². The number of carbonyl (C=O) groups is 1. The minimum Gasteiger partial charge on any atom is -0.386 e. The fraction of sp³-hybridized carbons (Fsp3) is 0.818. The first-order chi connectivity index (χ1) is 7.66. The summed E-state index contributed by atoms with van der Waals surface area (Å²) in [5.41, 5.74) is 5.41. The summed E-state index contributed by atoms with van der Waals surface area (Å²) in [5.74, 6) is 0.0675. The Morgan fingerprint density at radius 2 is 1.94 bits per heavy atom. The molecular formula is C11H20N4O. The molecule has 2 amide bonds. The van der Waals surface area contributed by atoms with Crippen molar-refractivity contribution in [2.24, 2.45) is 5.73 Å². The Hall–Kier alpha value is -1.26. The topological polar surface area (TPSA) is 82.2 Å². The van der Waals surface area contributed by atoms with Gasteiger partial charge in [-0.05, 0) is 25.7 Å². The molecule has 0 bridgehead atoms. The smallest absolute Gasteiger partial charge is 0.318 e. The van der Waals surface area contributed by atoms with Gasteiger partial charge in [0, 0.05) is 12.1 Å². The van der Waals surface area contributed by atoms with Crippen LogP contribution in [0.1, 0.15) is 38.5 Å². The summed E-state index contributed by atoms with van der Waals surface area (Å²) in [7, 11) is 0. The Labute approximate surface area is 95.9 Å². The highest BCUT2D eigenvalue weighted by Crippen LogP contribution is 2.24. The van der Waals surface area contributed by atoms with Crippen molar-refractivity contribution in [3.8, 4) is 0 Å². The average molecular weight is 224 g/mol. The summed E-state index contributed by atoms with van der Waals surface area (Å²) in [5, 5.41) is 10.3. The zero-order chi connectivity index (χ0) is 11.5. The molecule has 2 saturated carbocycles. The lowest BCUT2D eigenvalue weighted by atomic mass is 10.2. The van der Waals surface area contributed by atoms with Gasteiger partial charge in [0.25, 0.3) is 0 Å². The number of amidine groups is 1. The molecule has 0 saturated heterocycles. The highest BCUT2D eigenvalue weighted by Gasteiger charge is 2.31. The molecule has 0 aromatic carbocycles. The van der Waals surface area contributed by atoms with Crippen molar-refractivity contribution in [1.29, 1.82) is 5.41 Å². The van der Waals surface area contributed by atoms with E-state index in [0.717, 1.165) is 25.7 Å². The van der Waals surface area contributed by atoms with Gasteiger partial charge in [0.05, 0.1) is 6.54 Å². The summed E-state index contributed by atoms with van der Waals surface area (Å²) in [6.45, 7) is 0.267. The SMILES string of the molecule is N=C(N)CN(C(=O)NC1CC1)C1CCCC1. The number of amides is 2. The minimum absolute atomic E-state index is 0.0374. The molecule has 2 fully saturated rings. The number of rotatable bonds is 4. The van der Waals surface area contributed by atoms with Crippen molar-refractivity contribution >= 4 is 11.9 Å². The van der Waals surface area contributed by atoms with E-state index in [9.17, 15) is 4.79 Å². The van der Waals surface area contributed by atoms with Crippen LogP contribution in [-0.4, -0.2) is 35.4 Å². The van der Waals surface area contributed by atoms with Crippen LogP contribution < -0.4 is 11.1 Å². The van der Waals surface area contributed by atoms with E-state index in [1.807, 2.05) is 0 Å². The molecule has 2 aliphatic carbocycles. The highest BCUT2D eigenvalue weighted by molar-refractivity contribution is 5.85. The van der Waals surface area contributed by atoms with Gasteiger partial charge in [0.15, 0.2) is 0 Å². The Morgan fingerprint density at radius 3 is 2.44 bits per heavy atom. The summed E-state index contributed by atoms with van der Waals surface area (Å²) < 4.78 is 0. The van der Waals surface area contributed by atoms with Crippen LogP contribution in [0, 0.1) is 5.41 Å². The maximum Gasteiger partial charge on any atom is 0.318 e. The Balaban J connectivity index is 1.93. The van der Waals surface area contributed by atoms with Crippen molar-refractivity contribution in [3.05, 3.63) is 0 Å². The fourth-order valence-electron chi connectivity index (χ4n) is 2.25. The lowest BCUT2D eigenvalue weighted by Gasteiger charge is -2.28. The highest BCUT2D eigenvalue weighted by atomic mass is 16.2. The standard InChI is InChI=1S/C11H20N4O/c12-10(13)7-15(9-3-1-2-4-9)11(16)14-8-5-6-8/h8-9H,1-7H2,(H3,12,13)(H,14,16). The monoisotopic (exact) mass is 224 g/mol. The van der Waals surface area contributed by atoms with Crippen molar-refractivity contribution in [1.82, 2.24) is 10.2 Å². The molecule has 0 atom stereocenters. The number of hydrogen-bond donors (Lipinski definition) is 3. The lowest BCUT2D eigenvalue weighted by Crippen LogP contribution is -2.49. The first kappa shape index (κ1) is 11.2. The van der Waals surface area contributed by atoms with Gasteiger partial charge >= 0.3 is 6.03 Å². The molecule has 0 aromatic rings. The van der Waals surface area contributed by atoms with Gasteiger partial charge in [-0.25, -0.2) is 4.79 Å². The number of urea groups is 1. The van der Waals surface area contributed by atoms with Gasteiger partial charge in [-0.15, -0.1) is 0 Å². The number of carbonyl (C=O) groups excluding carboxylic acids is 1. The zero-order valence-corrected chi connectivity index (χ0v) is 9.54. The van der Waals surface area contributed by atoms with Crippen LogP contribution in [0.3, 0.4) is 0 Å². The fourth-order valence-corrected chi connectivity index (χ4v) is 2.25. The first-order valence-corrected chi connectivity index (χ1v) is 6.07. The Kier molecular flexibility index (Phi) is 3.31. The molecule has 2 aliphatic rings. The van der Waals surface area contributed by atoms with Crippen LogP contribution in [0.4, 0.5) is 4.79 Å². The second-order valence-electron chi connectivity index (χ2n) is 4.82. The second-order valence-corrected chi connectivity index (χ2v) is 4.82. The van der Waals surface area contributed by atoms with E-state index in [2.05, 4.69) is 5.32 Å². The molecule has 0 unspecified atom stereocenters.